The van der Waals surface area contributed by atoms with Gasteiger partial charge in [-0.1, -0.05) is 44.2 Å². The second kappa shape index (κ2) is 8.76. The Kier molecular flexibility index (Phi) is 6.37. The third kappa shape index (κ3) is 4.21. The van der Waals surface area contributed by atoms with E-state index in [9.17, 15) is 19.5 Å². The minimum atomic E-state index is -1.11. The van der Waals surface area contributed by atoms with Crippen LogP contribution in [0.4, 0.5) is 0 Å². The van der Waals surface area contributed by atoms with Crippen LogP contribution in [-0.2, 0) is 16.1 Å². The van der Waals surface area contributed by atoms with E-state index in [0.29, 0.717) is 24.9 Å². The lowest BCUT2D eigenvalue weighted by Gasteiger charge is -2.41. The topological polar surface area (TPSA) is 86.7 Å². The van der Waals surface area contributed by atoms with Gasteiger partial charge < -0.3 is 15.3 Å². The molecule has 0 aromatic heterocycles. The van der Waals surface area contributed by atoms with Crippen molar-refractivity contribution in [1.29, 1.82) is 0 Å². The Balaban J connectivity index is 1.62. The smallest absolute Gasteiger partial charge is 0.329 e. The first kappa shape index (κ1) is 20.4. The first-order valence-corrected chi connectivity index (χ1v) is 10.3. The Hall–Kier alpha value is -2.37. The van der Waals surface area contributed by atoms with Gasteiger partial charge in [0.2, 0.25) is 5.91 Å². The average Bonchev–Trinajstić information content (AvgIpc) is 3.26. The zero-order valence-corrected chi connectivity index (χ0v) is 16.6. The number of benzene rings is 1. The number of carboxylic acids is 1. The first-order chi connectivity index (χ1) is 13.4. The third-order valence-corrected chi connectivity index (χ3v) is 6.42. The number of likely N-dealkylation sites (N-methyl/N-ethyl adjacent to an activating group) is 1. The van der Waals surface area contributed by atoms with E-state index in [2.05, 4.69) is 5.32 Å². The molecule has 152 valence electrons. The largest absolute Gasteiger partial charge is 0.479 e. The number of rotatable bonds is 6. The highest BCUT2D eigenvalue weighted by Crippen LogP contribution is 2.34. The standard InChI is InChI=1S/C22H30N2O4/c1-24(22(21(27)28)13-5-2-6-14-22)20(26)18-11-9-16(10-12-18)15-23-19(25)17-7-3-4-8-17/h9-12,17H,2-8,13-15H2,1H3,(H,23,25)(H,27,28). The van der Waals surface area contributed by atoms with Crippen LogP contribution in [0.15, 0.2) is 24.3 Å². The van der Waals surface area contributed by atoms with Crippen molar-refractivity contribution in [2.75, 3.05) is 7.05 Å². The lowest BCUT2D eigenvalue weighted by Crippen LogP contribution is -2.56. The van der Waals surface area contributed by atoms with Gasteiger partial charge in [-0.3, -0.25) is 9.59 Å². The maximum absolute atomic E-state index is 12.9. The van der Waals surface area contributed by atoms with Gasteiger partial charge in [-0.15, -0.1) is 0 Å². The summed E-state index contributed by atoms with van der Waals surface area (Å²) in [5.41, 5.74) is 0.291. The number of amides is 2. The lowest BCUT2D eigenvalue weighted by molar-refractivity contribution is -0.151. The molecule has 2 aliphatic carbocycles. The minimum absolute atomic E-state index is 0.109. The van der Waals surface area contributed by atoms with Crippen LogP contribution >= 0.6 is 0 Å². The summed E-state index contributed by atoms with van der Waals surface area (Å²) in [6.45, 7) is 0.443. The summed E-state index contributed by atoms with van der Waals surface area (Å²) >= 11 is 0. The van der Waals surface area contributed by atoms with E-state index in [1.54, 1.807) is 19.2 Å². The Bertz CT molecular complexity index is 717. The fourth-order valence-corrected chi connectivity index (χ4v) is 4.50. The van der Waals surface area contributed by atoms with Gasteiger partial charge in [0.15, 0.2) is 0 Å². The number of hydrogen-bond acceptors (Lipinski definition) is 3. The van der Waals surface area contributed by atoms with E-state index in [1.165, 1.54) is 4.90 Å². The predicted octanol–water partition coefficient (Wildman–Crippen LogP) is 3.35. The van der Waals surface area contributed by atoms with Crippen molar-refractivity contribution in [1.82, 2.24) is 10.2 Å². The molecule has 0 heterocycles. The van der Waals surface area contributed by atoms with Gasteiger partial charge in [0.05, 0.1) is 0 Å². The third-order valence-electron chi connectivity index (χ3n) is 6.42. The van der Waals surface area contributed by atoms with Gasteiger partial charge in [0, 0.05) is 25.1 Å². The van der Waals surface area contributed by atoms with Crippen molar-refractivity contribution in [3.05, 3.63) is 35.4 Å². The summed E-state index contributed by atoms with van der Waals surface area (Å²) in [4.78, 5) is 38.4. The Morgan fingerprint density at radius 1 is 1.04 bits per heavy atom. The number of carboxylic acid groups (broad SMARTS) is 1. The molecule has 0 saturated heterocycles. The highest BCUT2D eigenvalue weighted by Gasteiger charge is 2.45. The molecule has 1 aromatic carbocycles. The summed E-state index contributed by atoms with van der Waals surface area (Å²) < 4.78 is 0. The van der Waals surface area contributed by atoms with Gasteiger partial charge in [-0.05, 0) is 43.4 Å². The van der Waals surface area contributed by atoms with E-state index >= 15 is 0 Å². The summed E-state index contributed by atoms with van der Waals surface area (Å²) in [5, 5.41) is 12.7. The van der Waals surface area contributed by atoms with Crippen molar-refractivity contribution in [2.24, 2.45) is 5.92 Å². The zero-order valence-electron chi connectivity index (χ0n) is 16.6. The van der Waals surface area contributed by atoms with Crippen LogP contribution < -0.4 is 5.32 Å². The molecule has 2 saturated carbocycles. The van der Waals surface area contributed by atoms with Crippen LogP contribution in [0.25, 0.3) is 0 Å². The van der Waals surface area contributed by atoms with Crippen molar-refractivity contribution < 1.29 is 19.5 Å². The fraction of sp³-hybridized carbons (Fsp3) is 0.591. The molecule has 2 amide bonds. The van der Waals surface area contributed by atoms with Crippen molar-refractivity contribution in [3.63, 3.8) is 0 Å². The predicted molar refractivity (Wildman–Crippen MR) is 106 cm³/mol. The maximum Gasteiger partial charge on any atom is 0.329 e. The number of aliphatic carboxylic acids is 1. The van der Waals surface area contributed by atoms with E-state index < -0.39 is 11.5 Å². The Labute approximate surface area is 166 Å². The van der Waals surface area contributed by atoms with E-state index in [4.69, 9.17) is 0 Å². The van der Waals surface area contributed by atoms with Gasteiger partial charge in [-0.2, -0.15) is 0 Å². The zero-order chi connectivity index (χ0) is 20.1. The van der Waals surface area contributed by atoms with Gasteiger partial charge in [0.1, 0.15) is 5.54 Å². The summed E-state index contributed by atoms with van der Waals surface area (Å²) in [7, 11) is 1.59. The van der Waals surface area contributed by atoms with Crippen LogP contribution in [0.2, 0.25) is 0 Å². The number of nitrogens with zero attached hydrogens (tertiary/aromatic N) is 1. The van der Waals surface area contributed by atoms with Crippen LogP contribution in [-0.4, -0.2) is 40.4 Å². The summed E-state index contributed by atoms with van der Waals surface area (Å²) in [5.74, 6) is -0.949. The van der Waals surface area contributed by atoms with Crippen LogP contribution in [0.1, 0.15) is 73.7 Å². The van der Waals surface area contributed by atoms with E-state index in [0.717, 1.165) is 50.5 Å². The SMILES string of the molecule is CN(C(=O)c1ccc(CNC(=O)C2CCCC2)cc1)C1(C(=O)O)CCCCC1. The number of hydrogen-bond donors (Lipinski definition) is 2. The Morgan fingerprint density at radius 3 is 2.21 bits per heavy atom. The van der Waals surface area contributed by atoms with E-state index in [1.807, 2.05) is 12.1 Å². The van der Waals surface area contributed by atoms with Crippen LogP contribution in [0.5, 0.6) is 0 Å². The highest BCUT2D eigenvalue weighted by atomic mass is 16.4. The van der Waals surface area contributed by atoms with Crippen molar-refractivity contribution in [3.8, 4) is 0 Å². The molecule has 6 heteroatoms. The molecule has 0 bridgehead atoms. The van der Waals surface area contributed by atoms with E-state index in [-0.39, 0.29) is 17.7 Å². The molecule has 28 heavy (non-hydrogen) atoms. The Morgan fingerprint density at radius 2 is 1.64 bits per heavy atom. The lowest BCUT2D eigenvalue weighted by atomic mass is 9.80. The number of nitrogens with one attached hydrogen (secondary N) is 1. The van der Waals surface area contributed by atoms with Crippen molar-refractivity contribution >= 4 is 17.8 Å². The quantitative estimate of drug-likeness (QED) is 0.785. The number of carbonyl (C=O) groups excluding carboxylic acids is 2. The molecule has 0 aliphatic heterocycles. The second-order valence-corrected chi connectivity index (χ2v) is 8.16. The van der Waals surface area contributed by atoms with Crippen LogP contribution in [0.3, 0.4) is 0 Å². The van der Waals surface area contributed by atoms with Gasteiger partial charge in [0.25, 0.3) is 5.91 Å². The van der Waals surface area contributed by atoms with Gasteiger partial charge in [-0.25, -0.2) is 4.79 Å². The first-order valence-electron chi connectivity index (χ1n) is 10.3. The second-order valence-electron chi connectivity index (χ2n) is 8.16. The van der Waals surface area contributed by atoms with Crippen LogP contribution in [0, 0.1) is 5.92 Å². The molecule has 3 rings (SSSR count). The molecule has 0 unspecified atom stereocenters. The minimum Gasteiger partial charge on any atom is -0.479 e. The highest BCUT2D eigenvalue weighted by molar-refractivity contribution is 5.97. The van der Waals surface area contributed by atoms with Crippen molar-refractivity contribution in [2.45, 2.75) is 69.9 Å². The molecule has 0 radical (unpaired) electrons. The fourth-order valence-electron chi connectivity index (χ4n) is 4.50. The molecular formula is C22H30N2O4. The molecule has 6 nitrogen and oxygen atoms in total. The molecule has 2 fully saturated rings. The summed E-state index contributed by atoms with van der Waals surface area (Å²) in [6, 6.07) is 7.08. The molecule has 1 aromatic rings. The average molecular weight is 386 g/mol. The molecule has 0 spiro atoms. The molecular weight excluding hydrogens is 356 g/mol. The number of carbonyl (C=O) groups is 3. The van der Waals surface area contributed by atoms with Gasteiger partial charge >= 0.3 is 5.97 Å². The molecule has 2 aliphatic rings. The normalized spacial score (nSPS) is 19.2. The summed E-state index contributed by atoms with van der Waals surface area (Å²) in [6.07, 6.45) is 7.84. The molecule has 2 N–H and O–H groups in total. The maximum atomic E-state index is 12.9. The monoisotopic (exact) mass is 386 g/mol. The molecule has 0 atom stereocenters.